The second-order valence-electron chi connectivity index (χ2n) is 8.04. The number of hydrogen-bond acceptors (Lipinski definition) is 9. The lowest BCUT2D eigenvalue weighted by molar-refractivity contribution is -0.858. The number of ketones is 1. The Morgan fingerprint density at radius 1 is 0.946 bits per heavy atom. The van der Waals surface area contributed by atoms with Gasteiger partial charge < -0.3 is 42.9 Å². The molecule has 0 aliphatic heterocycles. The predicted molar refractivity (Wildman–Crippen MR) is 136 cm³/mol. The summed E-state index contributed by atoms with van der Waals surface area (Å²) < 4.78 is 33.5. The molecular weight excluding hydrogens is 482 g/mol. The highest BCUT2D eigenvalue weighted by atomic mass is 16.5. The molecule has 0 saturated heterocycles. The van der Waals surface area contributed by atoms with Crippen LogP contribution in [-0.2, 0) is 4.79 Å². The summed E-state index contributed by atoms with van der Waals surface area (Å²) in [5.74, 6) is 0.814. The number of benzene rings is 2. The number of quaternary nitrogens is 1. The normalized spacial score (nSPS) is 10.7. The van der Waals surface area contributed by atoms with Crippen LogP contribution >= 0.6 is 0 Å². The number of fused-ring (bicyclic) bond motifs is 1. The number of carboxylic acid groups (broad SMARTS) is 1. The molecule has 0 bridgehead atoms. The Kier molecular flexibility index (Phi) is 10.8. The van der Waals surface area contributed by atoms with Crippen molar-refractivity contribution < 1.29 is 47.7 Å². The van der Waals surface area contributed by atoms with Crippen LogP contribution in [0.5, 0.6) is 28.7 Å². The quantitative estimate of drug-likeness (QED) is 0.300. The van der Waals surface area contributed by atoms with Crippen LogP contribution in [0.3, 0.4) is 0 Å². The fourth-order valence-corrected chi connectivity index (χ4v) is 3.45. The number of carbonyl (C=O) groups is 2. The Morgan fingerprint density at radius 3 is 2.16 bits per heavy atom. The van der Waals surface area contributed by atoms with Crippen molar-refractivity contribution in [1.29, 1.82) is 0 Å². The summed E-state index contributed by atoms with van der Waals surface area (Å²) in [5.41, 5.74) is 1.51. The summed E-state index contributed by atoms with van der Waals surface area (Å²) >= 11 is 0. The lowest BCUT2D eigenvalue weighted by Gasteiger charge is -2.18. The number of methoxy groups -OCH3 is 4. The third-order valence-corrected chi connectivity index (χ3v) is 5.11. The van der Waals surface area contributed by atoms with E-state index in [-0.39, 0.29) is 11.3 Å². The van der Waals surface area contributed by atoms with Crippen LogP contribution in [0.15, 0.2) is 41.0 Å². The van der Waals surface area contributed by atoms with Crippen LogP contribution < -0.4 is 33.7 Å². The number of rotatable bonds is 11. The third kappa shape index (κ3) is 7.40. The largest absolute Gasteiger partial charge is 0.550 e. The van der Waals surface area contributed by atoms with Gasteiger partial charge in [-0.2, -0.15) is 0 Å². The van der Waals surface area contributed by atoms with Crippen LogP contribution in [0.1, 0.15) is 22.8 Å². The molecule has 1 aromatic heterocycles. The van der Waals surface area contributed by atoms with Crippen molar-refractivity contribution in [1.82, 2.24) is 0 Å². The summed E-state index contributed by atoms with van der Waals surface area (Å²) in [6, 6.07) is 7.14. The van der Waals surface area contributed by atoms with Crippen LogP contribution in [-0.4, -0.2) is 67.4 Å². The van der Waals surface area contributed by atoms with Gasteiger partial charge in [-0.1, -0.05) is 12.1 Å². The Bertz CT molecular complexity index is 1240. The van der Waals surface area contributed by atoms with Gasteiger partial charge in [0.15, 0.2) is 28.6 Å². The second-order valence-corrected chi connectivity index (χ2v) is 8.04. The van der Waals surface area contributed by atoms with E-state index in [2.05, 4.69) is 0 Å². The first-order chi connectivity index (χ1) is 17.7. The maximum absolute atomic E-state index is 13.4. The smallest absolute Gasteiger partial charge is 0.205 e. The van der Waals surface area contributed by atoms with Crippen molar-refractivity contribution in [3.05, 3.63) is 47.7 Å². The molecule has 3 rings (SSSR count). The number of ether oxygens (including phenoxy) is 5. The number of likely N-dealkylation sites (N-methyl/N-ethyl adjacent to an activating group) is 1. The number of furan rings is 1. The second kappa shape index (κ2) is 13.8. The summed E-state index contributed by atoms with van der Waals surface area (Å²) in [6.45, 7) is 2.09. The Labute approximate surface area is 215 Å². The first kappa shape index (κ1) is 29.1. The SMILES string of the molecule is CC(=O)[O-].COc1ccc(/C=C/C(=O)c2c(OCC[NH+](C)C)c(OC)c3occc3c2OC)cc1OC. The molecule has 37 heavy (non-hydrogen) atoms. The van der Waals surface area contributed by atoms with E-state index in [0.717, 1.165) is 19.0 Å². The third-order valence-electron chi connectivity index (χ3n) is 5.11. The van der Waals surface area contributed by atoms with E-state index < -0.39 is 5.97 Å². The maximum atomic E-state index is 13.4. The number of carbonyl (C=O) groups excluding carboxylic acids is 2. The summed E-state index contributed by atoms with van der Waals surface area (Å²) in [7, 11) is 10.2. The molecule has 10 nitrogen and oxygen atoms in total. The van der Waals surface area contributed by atoms with E-state index >= 15 is 0 Å². The highest BCUT2D eigenvalue weighted by Crippen LogP contribution is 2.46. The molecule has 200 valence electrons. The summed E-state index contributed by atoms with van der Waals surface area (Å²) in [6.07, 6.45) is 4.69. The van der Waals surface area contributed by atoms with Crippen LogP contribution in [0.25, 0.3) is 17.0 Å². The molecule has 0 spiro atoms. The van der Waals surface area contributed by atoms with Crippen molar-refractivity contribution >= 4 is 28.8 Å². The van der Waals surface area contributed by atoms with Crippen LogP contribution in [0.2, 0.25) is 0 Å². The van der Waals surface area contributed by atoms with Crippen molar-refractivity contribution in [2.45, 2.75) is 6.92 Å². The minimum Gasteiger partial charge on any atom is -0.550 e. The molecule has 3 aromatic rings. The van der Waals surface area contributed by atoms with Gasteiger partial charge in [-0.15, -0.1) is 0 Å². The lowest BCUT2D eigenvalue weighted by atomic mass is 10.0. The summed E-state index contributed by atoms with van der Waals surface area (Å²) in [5, 5.41) is 9.52. The molecule has 0 fully saturated rings. The standard InChI is InChI=1S/C25H29NO7.C2H4O2/c1-26(2)12-14-33-24-21(22(30-5)17-11-13-32-23(17)25(24)31-6)18(27)9-7-16-8-10-19(28-3)20(15-16)29-4;1-2(3)4/h7-11,13,15H,12,14H2,1-6H3;1H3,(H,3,4)/b9-7+;. The lowest BCUT2D eigenvalue weighted by Crippen LogP contribution is -3.06. The Morgan fingerprint density at radius 2 is 1.59 bits per heavy atom. The van der Waals surface area contributed by atoms with E-state index in [9.17, 15) is 4.79 Å². The zero-order chi connectivity index (χ0) is 27.5. The van der Waals surface area contributed by atoms with Gasteiger partial charge in [0.2, 0.25) is 5.75 Å². The van der Waals surface area contributed by atoms with E-state index in [1.807, 2.05) is 20.2 Å². The molecule has 0 atom stereocenters. The summed E-state index contributed by atoms with van der Waals surface area (Å²) in [4.78, 5) is 23.5. The van der Waals surface area contributed by atoms with E-state index in [1.54, 1.807) is 38.5 Å². The van der Waals surface area contributed by atoms with Crippen molar-refractivity contribution in [2.75, 3.05) is 55.7 Å². The molecule has 0 unspecified atom stereocenters. The first-order valence-corrected chi connectivity index (χ1v) is 11.4. The monoisotopic (exact) mass is 515 g/mol. The van der Waals surface area contributed by atoms with Gasteiger partial charge in [0.05, 0.1) is 54.2 Å². The average molecular weight is 516 g/mol. The number of allylic oxidation sites excluding steroid dienone is 1. The predicted octanol–water partition coefficient (Wildman–Crippen LogP) is 1.64. The Hall–Kier alpha value is -4.18. The number of nitrogens with one attached hydrogen (secondary N) is 1. The van der Waals surface area contributed by atoms with Crippen LogP contribution in [0.4, 0.5) is 0 Å². The zero-order valence-electron chi connectivity index (χ0n) is 22.1. The number of hydrogen-bond donors (Lipinski definition) is 1. The number of aliphatic carboxylic acids is 1. The molecule has 1 N–H and O–H groups in total. The molecule has 0 saturated carbocycles. The van der Waals surface area contributed by atoms with Gasteiger partial charge in [0.1, 0.15) is 24.5 Å². The first-order valence-electron chi connectivity index (χ1n) is 11.4. The molecule has 1 heterocycles. The van der Waals surface area contributed by atoms with Gasteiger partial charge in [-0.3, -0.25) is 4.79 Å². The molecule has 0 radical (unpaired) electrons. The van der Waals surface area contributed by atoms with E-state index in [1.165, 1.54) is 31.5 Å². The Balaban J connectivity index is 0.00000112. The molecule has 0 aliphatic carbocycles. The van der Waals surface area contributed by atoms with E-state index in [0.29, 0.717) is 46.3 Å². The minimum absolute atomic E-state index is 0.272. The van der Waals surface area contributed by atoms with Gasteiger partial charge in [0, 0.05) is 5.97 Å². The van der Waals surface area contributed by atoms with Gasteiger partial charge in [-0.05, 0) is 36.8 Å². The van der Waals surface area contributed by atoms with Gasteiger partial charge in [0.25, 0.3) is 0 Å². The van der Waals surface area contributed by atoms with Crippen molar-refractivity contribution in [3.63, 3.8) is 0 Å². The molecule has 10 heteroatoms. The molecular formula is C27H33NO9. The average Bonchev–Trinajstić information content (AvgIpc) is 3.35. The molecule has 0 aliphatic rings. The fraction of sp³-hybridized carbons (Fsp3) is 0.333. The molecule has 2 aromatic carbocycles. The zero-order valence-corrected chi connectivity index (χ0v) is 22.1. The maximum Gasteiger partial charge on any atom is 0.205 e. The number of carboxylic acids is 1. The van der Waals surface area contributed by atoms with Gasteiger partial charge in [-0.25, -0.2) is 0 Å². The van der Waals surface area contributed by atoms with Crippen molar-refractivity contribution in [3.8, 4) is 28.7 Å². The van der Waals surface area contributed by atoms with Crippen molar-refractivity contribution in [2.24, 2.45) is 0 Å². The van der Waals surface area contributed by atoms with E-state index in [4.69, 9.17) is 38.0 Å². The molecule has 0 amide bonds. The highest BCUT2D eigenvalue weighted by Gasteiger charge is 2.28. The van der Waals surface area contributed by atoms with Crippen LogP contribution in [0, 0.1) is 0 Å². The fourth-order valence-electron chi connectivity index (χ4n) is 3.45. The van der Waals surface area contributed by atoms with Gasteiger partial charge >= 0.3 is 0 Å². The highest BCUT2D eigenvalue weighted by molar-refractivity contribution is 6.15. The minimum atomic E-state index is -1.08. The topological polar surface area (TPSA) is 121 Å².